The number of hydrogen-bond acceptors (Lipinski definition) is 5. The molecule has 0 saturated heterocycles. The van der Waals surface area contributed by atoms with E-state index in [0.29, 0.717) is 23.5 Å². The fourth-order valence-electron chi connectivity index (χ4n) is 3.10. The summed E-state index contributed by atoms with van der Waals surface area (Å²) in [6, 6.07) is 6.85. The minimum atomic E-state index is -0.256. The summed E-state index contributed by atoms with van der Waals surface area (Å²) in [6.45, 7) is 2.82. The zero-order chi connectivity index (χ0) is 17.9. The molecule has 0 spiro atoms. The van der Waals surface area contributed by atoms with Crippen molar-refractivity contribution < 1.29 is 4.39 Å². The van der Waals surface area contributed by atoms with E-state index in [1.54, 1.807) is 12.4 Å². The van der Waals surface area contributed by atoms with Gasteiger partial charge in [0.15, 0.2) is 11.5 Å². The number of anilines is 1. The van der Waals surface area contributed by atoms with Crippen molar-refractivity contribution in [2.24, 2.45) is 0 Å². The number of aromatic amines is 1. The summed E-state index contributed by atoms with van der Waals surface area (Å²) in [5, 5.41) is 4.28. The maximum Gasteiger partial charge on any atom is 0.162 e. The molecule has 26 heavy (non-hydrogen) atoms. The van der Waals surface area contributed by atoms with Crippen molar-refractivity contribution in [1.29, 1.82) is 0 Å². The fraction of sp³-hybridized carbons (Fsp3) is 0.263. The smallest absolute Gasteiger partial charge is 0.162 e. The average molecular weight is 350 g/mol. The molecule has 7 heteroatoms. The van der Waals surface area contributed by atoms with Crippen molar-refractivity contribution in [3.05, 3.63) is 54.0 Å². The van der Waals surface area contributed by atoms with E-state index in [2.05, 4.69) is 43.2 Å². The third-order valence-corrected chi connectivity index (χ3v) is 4.34. The molecule has 0 aliphatic heterocycles. The molecule has 0 amide bonds. The number of H-pyrrole nitrogens is 1. The second kappa shape index (κ2) is 7.03. The van der Waals surface area contributed by atoms with Gasteiger partial charge in [0.05, 0.1) is 11.8 Å². The van der Waals surface area contributed by atoms with E-state index in [9.17, 15) is 4.39 Å². The first kappa shape index (κ1) is 16.4. The predicted octanol–water partition coefficient (Wildman–Crippen LogP) is 3.65. The highest BCUT2D eigenvalue weighted by Crippen LogP contribution is 2.20. The van der Waals surface area contributed by atoms with Gasteiger partial charge in [-0.05, 0) is 36.6 Å². The average Bonchev–Trinajstić information content (AvgIpc) is 3.12. The lowest BCUT2D eigenvalue weighted by Crippen LogP contribution is -2.09. The molecule has 4 rings (SSSR count). The SMILES string of the molecule is CCCc1nc2cc(F)ccc2cc1CCNc1ncnc2[nH]cnc12. The lowest BCUT2D eigenvalue weighted by molar-refractivity contribution is 0.629. The molecule has 0 fully saturated rings. The van der Waals surface area contributed by atoms with Gasteiger partial charge in [-0.2, -0.15) is 0 Å². The van der Waals surface area contributed by atoms with Gasteiger partial charge in [0.2, 0.25) is 0 Å². The molecule has 1 aromatic carbocycles. The Morgan fingerprint density at radius 3 is 2.92 bits per heavy atom. The number of fused-ring (bicyclic) bond motifs is 2. The highest BCUT2D eigenvalue weighted by atomic mass is 19.1. The van der Waals surface area contributed by atoms with Gasteiger partial charge in [0.1, 0.15) is 17.7 Å². The van der Waals surface area contributed by atoms with Gasteiger partial charge in [-0.3, -0.25) is 4.98 Å². The van der Waals surface area contributed by atoms with E-state index in [-0.39, 0.29) is 5.82 Å². The molecule has 6 nitrogen and oxygen atoms in total. The zero-order valence-corrected chi connectivity index (χ0v) is 14.5. The summed E-state index contributed by atoms with van der Waals surface area (Å²) in [5.41, 5.74) is 4.35. The van der Waals surface area contributed by atoms with E-state index in [1.807, 2.05) is 0 Å². The molecule has 0 saturated carbocycles. The van der Waals surface area contributed by atoms with Gasteiger partial charge in [-0.15, -0.1) is 0 Å². The number of halogens is 1. The molecule has 0 aliphatic rings. The Morgan fingerprint density at radius 2 is 2.04 bits per heavy atom. The van der Waals surface area contributed by atoms with Crippen molar-refractivity contribution in [2.45, 2.75) is 26.2 Å². The van der Waals surface area contributed by atoms with Crippen LogP contribution in [0.4, 0.5) is 10.2 Å². The van der Waals surface area contributed by atoms with Crippen LogP contribution in [0.1, 0.15) is 24.6 Å². The van der Waals surface area contributed by atoms with Crippen molar-refractivity contribution in [3.63, 3.8) is 0 Å². The van der Waals surface area contributed by atoms with Crippen molar-refractivity contribution in [1.82, 2.24) is 24.9 Å². The summed E-state index contributed by atoms with van der Waals surface area (Å²) in [5.74, 6) is 0.456. The molecule has 2 N–H and O–H groups in total. The first-order valence-electron chi connectivity index (χ1n) is 8.70. The summed E-state index contributed by atoms with van der Waals surface area (Å²) in [7, 11) is 0. The van der Waals surface area contributed by atoms with Crippen LogP contribution in [-0.4, -0.2) is 31.5 Å². The van der Waals surface area contributed by atoms with Gasteiger partial charge in [-0.25, -0.2) is 19.3 Å². The zero-order valence-electron chi connectivity index (χ0n) is 14.5. The third-order valence-electron chi connectivity index (χ3n) is 4.34. The van der Waals surface area contributed by atoms with E-state index in [0.717, 1.165) is 35.9 Å². The minimum Gasteiger partial charge on any atom is -0.368 e. The Hall–Kier alpha value is -3.09. The van der Waals surface area contributed by atoms with Crippen LogP contribution in [0.5, 0.6) is 0 Å². The van der Waals surface area contributed by atoms with Crippen LogP contribution in [0.15, 0.2) is 36.9 Å². The molecular weight excluding hydrogens is 331 g/mol. The molecule has 0 bridgehead atoms. The van der Waals surface area contributed by atoms with Crippen LogP contribution in [0.3, 0.4) is 0 Å². The number of rotatable bonds is 6. The van der Waals surface area contributed by atoms with Crippen LogP contribution in [0.2, 0.25) is 0 Å². The maximum absolute atomic E-state index is 13.5. The fourth-order valence-corrected chi connectivity index (χ4v) is 3.10. The second-order valence-corrected chi connectivity index (χ2v) is 6.18. The van der Waals surface area contributed by atoms with Crippen LogP contribution < -0.4 is 5.32 Å². The quantitative estimate of drug-likeness (QED) is 0.555. The number of imidazole rings is 1. The van der Waals surface area contributed by atoms with Gasteiger partial charge in [0.25, 0.3) is 0 Å². The van der Waals surface area contributed by atoms with Crippen molar-refractivity contribution in [2.75, 3.05) is 11.9 Å². The molecule has 0 atom stereocenters. The molecule has 3 aromatic heterocycles. The standard InChI is InChI=1S/C19H19FN6/c1-2-3-15-13(8-12-4-5-14(20)9-16(12)26-15)6-7-21-18-17-19(23-10-22-17)25-11-24-18/h4-5,8-11H,2-3,6-7H2,1H3,(H2,21,22,23,24,25). The molecule has 0 aliphatic carbocycles. The van der Waals surface area contributed by atoms with Gasteiger partial charge >= 0.3 is 0 Å². The largest absolute Gasteiger partial charge is 0.368 e. The first-order valence-corrected chi connectivity index (χ1v) is 8.70. The lowest BCUT2D eigenvalue weighted by atomic mass is 10.0. The van der Waals surface area contributed by atoms with E-state index in [4.69, 9.17) is 0 Å². The number of benzene rings is 1. The molecule has 3 heterocycles. The number of aromatic nitrogens is 5. The second-order valence-electron chi connectivity index (χ2n) is 6.18. The van der Waals surface area contributed by atoms with Crippen LogP contribution >= 0.6 is 0 Å². The summed E-state index contributed by atoms with van der Waals surface area (Å²) in [4.78, 5) is 20.3. The maximum atomic E-state index is 13.5. The Kier molecular flexibility index (Phi) is 4.43. The van der Waals surface area contributed by atoms with E-state index in [1.165, 1.54) is 24.0 Å². The summed E-state index contributed by atoms with van der Waals surface area (Å²) >= 11 is 0. The van der Waals surface area contributed by atoms with Crippen LogP contribution in [0.25, 0.3) is 22.1 Å². The van der Waals surface area contributed by atoms with Crippen LogP contribution in [-0.2, 0) is 12.8 Å². The number of nitrogens with one attached hydrogen (secondary N) is 2. The Morgan fingerprint density at radius 1 is 1.12 bits per heavy atom. The summed E-state index contributed by atoms with van der Waals surface area (Å²) < 4.78 is 13.5. The van der Waals surface area contributed by atoms with E-state index >= 15 is 0 Å². The highest BCUT2D eigenvalue weighted by molar-refractivity contribution is 5.82. The molecule has 132 valence electrons. The first-order chi connectivity index (χ1) is 12.7. The monoisotopic (exact) mass is 350 g/mol. The minimum absolute atomic E-state index is 0.256. The topological polar surface area (TPSA) is 79.4 Å². The van der Waals surface area contributed by atoms with Gasteiger partial charge < -0.3 is 10.3 Å². The Balaban J connectivity index is 1.57. The van der Waals surface area contributed by atoms with Gasteiger partial charge in [0, 0.05) is 23.7 Å². The van der Waals surface area contributed by atoms with Crippen LogP contribution in [0, 0.1) is 5.82 Å². The molecule has 0 radical (unpaired) electrons. The lowest BCUT2D eigenvalue weighted by Gasteiger charge is -2.11. The Labute approximate surface area is 149 Å². The summed E-state index contributed by atoms with van der Waals surface area (Å²) in [6.07, 6.45) is 5.78. The number of pyridine rings is 1. The van der Waals surface area contributed by atoms with Gasteiger partial charge in [-0.1, -0.05) is 13.3 Å². The number of nitrogens with zero attached hydrogens (tertiary/aromatic N) is 4. The molecular formula is C19H19FN6. The normalized spacial score (nSPS) is 11.3. The molecule has 0 unspecified atom stereocenters. The Bertz CT molecular complexity index is 1060. The number of hydrogen-bond donors (Lipinski definition) is 2. The van der Waals surface area contributed by atoms with Crippen molar-refractivity contribution in [3.8, 4) is 0 Å². The third kappa shape index (κ3) is 3.20. The molecule has 4 aromatic rings. The predicted molar refractivity (Wildman–Crippen MR) is 99.6 cm³/mol. The van der Waals surface area contributed by atoms with E-state index < -0.39 is 0 Å². The number of aryl methyl sites for hydroxylation is 1. The highest BCUT2D eigenvalue weighted by Gasteiger charge is 2.09. The van der Waals surface area contributed by atoms with Crippen molar-refractivity contribution >= 4 is 27.9 Å².